The van der Waals surface area contributed by atoms with Gasteiger partial charge in [0.1, 0.15) is 5.82 Å². The van der Waals surface area contributed by atoms with Gasteiger partial charge in [0.2, 0.25) is 0 Å². The van der Waals surface area contributed by atoms with Crippen LogP contribution in [0.1, 0.15) is 50.4 Å². The topological polar surface area (TPSA) is 33.2 Å². The molecule has 0 bridgehead atoms. The van der Waals surface area contributed by atoms with Crippen molar-refractivity contribution >= 4 is 11.6 Å². The van der Waals surface area contributed by atoms with Gasteiger partial charge < -0.3 is 4.90 Å². The van der Waals surface area contributed by atoms with E-state index in [2.05, 4.69) is 23.7 Å². The molecular formula is C15H22N2O. The first-order chi connectivity index (χ1) is 8.62. The second kappa shape index (κ2) is 5.09. The van der Waals surface area contributed by atoms with Crippen LogP contribution in [0.3, 0.4) is 0 Å². The third-order valence-corrected chi connectivity index (χ3v) is 4.40. The molecule has 3 heteroatoms. The van der Waals surface area contributed by atoms with Gasteiger partial charge in [0.05, 0.1) is 5.56 Å². The number of hydrogen-bond donors (Lipinski definition) is 0. The average molecular weight is 246 g/mol. The van der Waals surface area contributed by atoms with Crippen LogP contribution in [0, 0.1) is 5.41 Å². The molecule has 1 fully saturated rings. The Hall–Kier alpha value is -1.38. The molecule has 0 radical (unpaired) electrons. The largest absolute Gasteiger partial charge is 0.355 e. The van der Waals surface area contributed by atoms with E-state index in [1.807, 2.05) is 12.1 Å². The van der Waals surface area contributed by atoms with E-state index in [-0.39, 0.29) is 5.78 Å². The molecule has 1 aliphatic heterocycles. The second-order valence-corrected chi connectivity index (χ2v) is 5.31. The van der Waals surface area contributed by atoms with E-state index < -0.39 is 0 Å². The second-order valence-electron chi connectivity index (χ2n) is 5.31. The summed E-state index contributed by atoms with van der Waals surface area (Å²) < 4.78 is 0. The van der Waals surface area contributed by atoms with Gasteiger partial charge in [-0.2, -0.15) is 0 Å². The van der Waals surface area contributed by atoms with Crippen molar-refractivity contribution in [3.8, 4) is 0 Å². The van der Waals surface area contributed by atoms with Crippen LogP contribution in [0.15, 0.2) is 18.3 Å². The van der Waals surface area contributed by atoms with Crippen molar-refractivity contribution in [3.63, 3.8) is 0 Å². The zero-order valence-corrected chi connectivity index (χ0v) is 11.6. The molecule has 0 unspecified atom stereocenters. The van der Waals surface area contributed by atoms with Crippen molar-refractivity contribution in [3.05, 3.63) is 23.9 Å². The Morgan fingerprint density at radius 1 is 1.44 bits per heavy atom. The van der Waals surface area contributed by atoms with E-state index in [9.17, 15) is 4.79 Å². The highest BCUT2D eigenvalue weighted by molar-refractivity contribution is 5.98. The maximum absolute atomic E-state index is 11.7. The predicted molar refractivity (Wildman–Crippen MR) is 74.1 cm³/mol. The molecule has 2 heterocycles. The van der Waals surface area contributed by atoms with Gasteiger partial charge in [-0.15, -0.1) is 0 Å². The zero-order chi connectivity index (χ0) is 13.2. The lowest BCUT2D eigenvalue weighted by atomic mass is 9.82. The maximum Gasteiger partial charge on any atom is 0.163 e. The van der Waals surface area contributed by atoms with Crippen molar-refractivity contribution < 1.29 is 4.79 Å². The lowest BCUT2D eigenvalue weighted by Crippen LogP contribution is -2.27. The van der Waals surface area contributed by atoms with Crippen molar-refractivity contribution in [2.45, 2.75) is 40.0 Å². The summed E-state index contributed by atoms with van der Waals surface area (Å²) in [5.41, 5.74) is 1.16. The van der Waals surface area contributed by atoms with Crippen LogP contribution in [0.5, 0.6) is 0 Å². The molecule has 0 aromatic carbocycles. The van der Waals surface area contributed by atoms with Gasteiger partial charge in [0.15, 0.2) is 5.78 Å². The Bertz CT molecular complexity index is 438. The quantitative estimate of drug-likeness (QED) is 0.764. The number of Topliss-reactive ketones (excluding diaryl/α,β-unsaturated/α-hetero) is 1. The number of carbonyl (C=O) groups is 1. The summed E-state index contributed by atoms with van der Waals surface area (Å²) in [6.45, 7) is 8.17. The minimum atomic E-state index is 0.101. The molecule has 0 spiro atoms. The summed E-state index contributed by atoms with van der Waals surface area (Å²) in [6, 6.07) is 3.71. The minimum absolute atomic E-state index is 0.101. The highest BCUT2D eigenvalue weighted by atomic mass is 16.1. The minimum Gasteiger partial charge on any atom is -0.355 e. The highest BCUT2D eigenvalue weighted by Crippen LogP contribution is 2.39. The number of anilines is 1. The van der Waals surface area contributed by atoms with Crippen LogP contribution in [0.4, 0.5) is 5.82 Å². The number of carbonyl (C=O) groups excluding carboxylic acids is 1. The van der Waals surface area contributed by atoms with Crippen molar-refractivity contribution in [1.29, 1.82) is 0 Å². The summed E-state index contributed by atoms with van der Waals surface area (Å²) in [4.78, 5) is 18.4. The Balaban J connectivity index is 2.27. The molecule has 1 aromatic heterocycles. The Morgan fingerprint density at radius 2 is 2.17 bits per heavy atom. The third kappa shape index (κ3) is 2.26. The first kappa shape index (κ1) is 13.1. The average Bonchev–Trinajstić information content (AvgIpc) is 2.83. The van der Waals surface area contributed by atoms with E-state index in [0.717, 1.165) is 24.5 Å². The van der Waals surface area contributed by atoms with Crippen LogP contribution in [-0.2, 0) is 0 Å². The predicted octanol–water partition coefficient (Wildman–Crippen LogP) is 3.30. The molecule has 0 amide bonds. The van der Waals surface area contributed by atoms with Crippen LogP contribution in [-0.4, -0.2) is 23.9 Å². The monoisotopic (exact) mass is 246 g/mol. The standard InChI is InChI=1S/C15H22N2O/c1-4-15(5-2)8-10-17(11-15)14-13(12(3)18)7-6-9-16-14/h6-7,9H,4-5,8,10-11H2,1-3H3. The molecule has 98 valence electrons. The lowest BCUT2D eigenvalue weighted by Gasteiger charge is -2.27. The molecule has 1 aromatic rings. The smallest absolute Gasteiger partial charge is 0.163 e. The van der Waals surface area contributed by atoms with Crippen LogP contribution in [0.25, 0.3) is 0 Å². The number of aromatic nitrogens is 1. The van der Waals surface area contributed by atoms with E-state index in [4.69, 9.17) is 0 Å². The van der Waals surface area contributed by atoms with E-state index in [1.165, 1.54) is 19.3 Å². The Labute approximate surface area is 109 Å². The summed E-state index contributed by atoms with van der Waals surface area (Å²) in [5.74, 6) is 0.970. The van der Waals surface area contributed by atoms with Gasteiger partial charge in [-0.25, -0.2) is 4.98 Å². The number of rotatable bonds is 4. The van der Waals surface area contributed by atoms with Gasteiger partial charge in [0, 0.05) is 19.3 Å². The van der Waals surface area contributed by atoms with E-state index >= 15 is 0 Å². The molecule has 18 heavy (non-hydrogen) atoms. The molecule has 0 saturated carbocycles. The van der Waals surface area contributed by atoms with Crippen LogP contribution in [0.2, 0.25) is 0 Å². The normalized spacial score (nSPS) is 18.1. The summed E-state index contributed by atoms with van der Waals surface area (Å²) >= 11 is 0. The van der Waals surface area contributed by atoms with Crippen molar-refractivity contribution in [2.24, 2.45) is 5.41 Å². The number of hydrogen-bond acceptors (Lipinski definition) is 3. The van der Waals surface area contributed by atoms with E-state index in [0.29, 0.717) is 5.41 Å². The number of nitrogens with zero attached hydrogens (tertiary/aromatic N) is 2. The Morgan fingerprint density at radius 3 is 2.72 bits per heavy atom. The highest BCUT2D eigenvalue weighted by Gasteiger charge is 2.36. The summed E-state index contributed by atoms with van der Waals surface area (Å²) in [7, 11) is 0. The zero-order valence-electron chi connectivity index (χ0n) is 11.6. The van der Waals surface area contributed by atoms with E-state index in [1.54, 1.807) is 13.1 Å². The molecule has 1 saturated heterocycles. The Kier molecular flexibility index (Phi) is 3.69. The molecule has 0 atom stereocenters. The lowest BCUT2D eigenvalue weighted by molar-refractivity contribution is 0.101. The maximum atomic E-state index is 11.7. The summed E-state index contributed by atoms with van der Waals surface area (Å²) in [5, 5.41) is 0. The molecule has 0 N–H and O–H groups in total. The third-order valence-electron chi connectivity index (χ3n) is 4.40. The van der Waals surface area contributed by atoms with Gasteiger partial charge >= 0.3 is 0 Å². The fourth-order valence-electron chi connectivity index (χ4n) is 2.87. The van der Waals surface area contributed by atoms with Gasteiger partial charge in [-0.1, -0.05) is 13.8 Å². The number of ketones is 1. The molecule has 2 rings (SSSR count). The van der Waals surface area contributed by atoms with Crippen LogP contribution >= 0.6 is 0 Å². The van der Waals surface area contributed by atoms with Crippen LogP contribution < -0.4 is 4.90 Å². The van der Waals surface area contributed by atoms with Crippen molar-refractivity contribution in [1.82, 2.24) is 4.98 Å². The number of pyridine rings is 1. The first-order valence-electron chi connectivity index (χ1n) is 6.83. The van der Waals surface area contributed by atoms with Gasteiger partial charge in [-0.3, -0.25) is 4.79 Å². The fraction of sp³-hybridized carbons (Fsp3) is 0.600. The van der Waals surface area contributed by atoms with Gasteiger partial charge in [-0.05, 0) is 43.7 Å². The summed E-state index contributed by atoms with van der Waals surface area (Å²) in [6.07, 6.45) is 5.37. The molecular weight excluding hydrogens is 224 g/mol. The molecule has 3 nitrogen and oxygen atoms in total. The van der Waals surface area contributed by atoms with Gasteiger partial charge in [0.25, 0.3) is 0 Å². The van der Waals surface area contributed by atoms with Crippen molar-refractivity contribution in [2.75, 3.05) is 18.0 Å². The molecule has 1 aliphatic rings. The first-order valence-corrected chi connectivity index (χ1v) is 6.83. The molecule has 0 aliphatic carbocycles. The fourth-order valence-corrected chi connectivity index (χ4v) is 2.87. The SMILES string of the molecule is CCC1(CC)CCN(c2ncccc2C(C)=O)C1.